The first kappa shape index (κ1) is 22.4. The molecule has 0 saturated carbocycles. The van der Waals surface area contributed by atoms with Crippen molar-refractivity contribution < 1.29 is 9.72 Å². The number of nitrogens with one attached hydrogen (secondary N) is 2. The summed E-state index contributed by atoms with van der Waals surface area (Å²) in [5, 5.41) is 19.0. The predicted molar refractivity (Wildman–Crippen MR) is 116 cm³/mol. The summed E-state index contributed by atoms with van der Waals surface area (Å²) in [5.41, 5.74) is 0.585. The Kier molecular flexibility index (Phi) is 7.72. The molecule has 0 fully saturated rings. The summed E-state index contributed by atoms with van der Waals surface area (Å²) in [6.07, 6.45) is 0. The first-order valence-electron chi connectivity index (χ1n) is 9.20. The van der Waals surface area contributed by atoms with Gasteiger partial charge in [0.15, 0.2) is 5.96 Å². The number of hydrogen-bond acceptors (Lipinski definition) is 5. The molecule has 1 amide bonds. The molecule has 2 rings (SSSR count). The molecule has 0 atom stereocenters. The van der Waals surface area contributed by atoms with E-state index >= 15 is 0 Å². The number of rotatable bonds is 7. The number of likely N-dealkylation sites (N-methyl/N-ethyl adjacent to an activating group) is 1. The second-order valence-corrected chi connectivity index (χ2v) is 8.68. The molecule has 1 aromatic carbocycles. The molecule has 0 aliphatic carbocycles. The maximum atomic E-state index is 12.3. The number of benzene rings is 1. The first-order chi connectivity index (χ1) is 13.6. The SMILES string of the molecule is CN(CC(=O)NC(C)(C)C)C(=NCc1ccc([N+](=O)[O-])cc1)NCc1cccs1. The molecule has 0 aliphatic heterocycles. The van der Waals surface area contributed by atoms with Gasteiger partial charge in [-0.1, -0.05) is 18.2 Å². The highest BCUT2D eigenvalue weighted by Crippen LogP contribution is 2.13. The molecular weight excluding hydrogens is 390 g/mol. The smallest absolute Gasteiger partial charge is 0.269 e. The van der Waals surface area contributed by atoms with Crippen molar-refractivity contribution in [1.82, 2.24) is 15.5 Å². The number of guanidine groups is 1. The van der Waals surface area contributed by atoms with Crippen LogP contribution in [0.3, 0.4) is 0 Å². The van der Waals surface area contributed by atoms with Gasteiger partial charge in [-0.05, 0) is 37.8 Å². The Morgan fingerprint density at radius 1 is 1.24 bits per heavy atom. The molecule has 156 valence electrons. The van der Waals surface area contributed by atoms with Crippen molar-refractivity contribution in [3.8, 4) is 0 Å². The molecule has 0 aliphatic rings. The zero-order valence-electron chi connectivity index (χ0n) is 17.1. The van der Waals surface area contributed by atoms with E-state index in [0.717, 1.165) is 10.4 Å². The van der Waals surface area contributed by atoms with Gasteiger partial charge < -0.3 is 15.5 Å². The number of hydrogen-bond donors (Lipinski definition) is 2. The Hall–Kier alpha value is -2.94. The van der Waals surface area contributed by atoms with Gasteiger partial charge in [0.05, 0.1) is 24.6 Å². The third-order valence-corrected chi connectivity index (χ3v) is 4.69. The summed E-state index contributed by atoms with van der Waals surface area (Å²) in [4.78, 5) is 30.2. The third-order valence-electron chi connectivity index (χ3n) is 3.82. The number of nitro benzene ring substituents is 1. The average molecular weight is 418 g/mol. The van der Waals surface area contributed by atoms with Crippen LogP contribution in [0.25, 0.3) is 0 Å². The van der Waals surface area contributed by atoms with E-state index < -0.39 is 4.92 Å². The van der Waals surface area contributed by atoms with E-state index in [2.05, 4.69) is 15.6 Å². The fourth-order valence-corrected chi connectivity index (χ4v) is 3.17. The maximum absolute atomic E-state index is 12.3. The van der Waals surface area contributed by atoms with Gasteiger partial charge >= 0.3 is 0 Å². The van der Waals surface area contributed by atoms with Crippen molar-refractivity contribution >= 4 is 28.9 Å². The standard InChI is InChI=1S/C20H27N5O3S/c1-20(2,3)23-18(26)14-24(4)19(22-13-17-6-5-11-29-17)21-12-15-7-9-16(10-8-15)25(27)28/h5-11H,12-14H2,1-4H3,(H,21,22)(H,23,26). The molecule has 8 nitrogen and oxygen atoms in total. The van der Waals surface area contributed by atoms with E-state index in [0.29, 0.717) is 19.0 Å². The summed E-state index contributed by atoms with van der Waals surface area (Å²) in [6.45, 7) is 6.91. The van der Waals surface area contributed by atoms with Gasteiger partial charge in [0, 0.05) is 29.6 Å². The Labute approximate surface area is 174 Å². The van der Waals surface area contributed by atoms with Gasteiger partial charge in [-0.2, -0.15) is 0 Å². The normalized spacial score (nSPS) is 11.8. The number of non-ortho nitro benzene ring substituents is 1. The van der Waals surface area contributed by atoms with Crippen LogP contribution >= 0.6 is 11.3 Å². The number of amides is 1. The van der Waals surface area contributed by atoms with Crippen LogP contribution in [0, 0.1) is 10.1 Å². The number of thiophene rings is 1. The molecule has 0 spiro atoms. The van der Waals surface area contributed by atoms with Crippen LogP contribution in [0.1, 0.15) is 31.2 Å². The van der Waals surface area contributed by atoms with Crippen LogP contribution in [-0.2, 0) is 17.9 Å². The molecule has 9 heteroatoms. The lowest BCUT2D eigenvalue weighted by molar-refractivity contribution is -0.384. The summed E-state index contributed by atoms with van der Waals surface area (Å²) >= 11 is 1.64. The lowest BCUT2D eigenvalue weighted by atomic mass is 10.1. The molecule has 1 aromatic heterocycles. The number of carbonyl (C=O) groups is 1. The summed E-state index contributed by atoms with van der Waals surface area (Å²) in [7, 11) is 1.80. The second-order valence-electron chi connectivity index (χ2n) is 7.65. The van der Waals surface area contributed by atoms with E-state index in [1.807, 2.05) is 38.3 Å². The van der Waals surface area contributed by atoms with Crippen molar-refractivity contribution in [2.45, 2.75) is 39.4 Å². The average Bonchev–Trinajstić information content (AvgIpc) is 3.13. The Morgan fingerprint density at radius 2 is 1.93 bits per heavy atom. The zero-order valence-corrected chi connectivity index (χ0v) is 18.0. The summed E-state index contributed by atoms with van der Waals surface area (Å²) in [5.74, 6) is 0.488. The Morgan fingerprint density at radius 3 is 2.48 bits per heavy atom. The van der Waals surface area contributed by atoms with Crippen LogP contribution in [0.5, 0.6) is 0 Å². The van der Waals surface area contributed by atoms with Gasteiger partial charge in [-0.15, -0.1) is 11.3 Å². The highest BCUT2D eigenvalue weighted by atomic mass is 32.1. The molecule has 29 heavy (non-hydrogen) atoms. The third kappa shape index (κ3) is 7.90. The molecular formula is C20H27N5O3S. The molecule has 2 aromatic rings. The van der Waals surface area contributed by atoms with Crippen molar-refractivity contribution in [2.75, 3.05) is 13.6 Å². The van der Waals surface area contributed by atoms with Gasteiger partial charge in [-0.25, -0.2) is 4.99 Å². The van der Waals surface area contributed by atoms with Gasteiger partial charge in [0.1, 0.15) is 0 Å². The molecule has 0 unspecified atom stereocenters. The first-order valence-corrected chi connectivity index (χ1v) is 10.1. The minimum Gasteiger partial charge on any atom is -0.351 e. The fraction of sp³-hybridized carbons (Fsp3) is 0.400. The van der Waals surface area contributed by atoms with Crippen LogP contribution < -0.4 is 10.6 Å². The van der Waals surface area contributed by atoms with Crippen molar-refractivity contribution in [2.24, 2.45) is 4.99 Å². The number of aliphatic imine (C=N–C) groups is 1. The minimum atomic E-state index is -0.428. The topological polar surface area (TPSA) is 99.9 Å². The molecule has 0 radical (unpaired) electrons. The van der Waals surface area contributed by atoms with E-state index in [4.69, 9.17) is 0 Å². The molecule has 0 bridgehead atoms. The number of nitrogens with zero attached hydrogens (tertiary/aromatic N) is 3. The molecule has 2 N–H and O–H groups in total. The largest absolute Gasteiger partial charge is 0.351 e. The van der Waals surface area contributed by atoms with Crippen molar-refractivity contribution in [3.63, 3.8) is 0 Å². The van der Waals surface area contributed by atoms with E-state index in [9.17, 15) is 14.9 Å². The lowest BCUT2D eigenvalue weighted by Gasteiger charge is -2.25. The predicted octanol–water partition coefficient (Wildman–Crippen LogP) is 3.15. The summed E-state index contributed by atoms with van der Waals surface area (Å²) < 4.78 is 0. The lowest BCUT2D eigenvalue weighted by Crippen LogP contribution is -2.48. The van der Waals surface area contributed by atoms with Crippen LogP contribution in [-0.4, -0.2) is 40.8 Å². The van der Waals surface area contributed by atoms with Gasteiger partial charge in [-0.3, -0.25) is 14.9 Å². The van der Waals surface area contributed by atoms with Gasteiger partial charge in [0.25, 0.3) is 5.69 Å². The molecule has 1 heterocycles. The minimum absolute atomic E-state index is 0.0461. The molecule has 0 saturated heterocycles. The second kappa shape index (κ2) is 10.0. The van der Waals surface area contributed by atoms with E-state index in [1.54, 1.807) is 35.4 Å². The fourth-order valence-electron chi connectivity index (χ4n) is 2.53. The van der Waals surface area contributed by atoms with Crippen molar-refractivity contribution in [3.05, 3.63) is 62.3 Å². The Balaban J connectivity index is 2.08. The summed E-state index contributed by atoms with van der Waals surface area (Å²) in [6, 6.07) is 10.3. The quantitative estimate of drug-likeness (QED) is 0.312. The zero-order chi connectivity index (χ0) is 21.4. The van der Waals surface area contributed by atoms with E-state index in [-0.39, 0.29) is 23.7 Å². The highest BCUT2D eigenvalue weighted by Gasteiger charge is 2.17. The monoisotopic (exact) mass is 417 g/mol. The maximum Gasteiger partial charge on any atom is 0.269 e. The van der Waals surface area contributed by atoms with Crippen LogP contribution in [0.4, 0.5) is 5.69 Å². The number of nitro groups is 1. The van der Waals surface area contributed by atoms with Crippen molar-refractivity contribution in [1.29, 1.82) is 0 Å². The van der Waals surface area contributed by atoms with E-state index in [1.165, 1.54) is 12.1 Å². The number of carbonyl (C=O) groups excluding carboxylic acids is 1. The highest BCUT2D eigenvalue weighted by molar-refractivity contribution is 7.09. The van der Waals surface area contributed by atoms with Crippen LogP contribution in [0.2, 0.25) is 0 Å². The van der Waals surface area contributed by atoms with Gasteiger partial charge in [0.2, 0.25) is 5.91 Å². The Bertz CT molecular complexity index is 842. The van der Waals surface area contributed by atoms with Crippen LogP contribution in [0.15, 0.2) is 46.8 Å².